The third-order valence-electron chi connectivity index (χ3n) is 7.67. The van der Waals surface area contributed by atoms with Gasteiger partial charge in [0.2, 0.25) is 0 Å². The maximum Gasteiger partial charge on any atom is 0.335 e. The van der Waals surface area contributed by atoms with E-state index in [4.69, 9.17) is 11.5 Å². The van der Waals surface area contributed by atoms with Crippen molar-refractivity contribution in [2.75, 3.05) is 21.3 Å². The molecule has 0 bridgehead atoms. The van der Waals surface area contributed by atoms with Gasteiger partial charge in [-0.05, 0) is 97.1 Å². The van der Waals surface area contributed by atoms with Gasteiger partial charge in [-0.1, -0.05) is 0 Å². The Bertz CT molecular complexity index is 1980. The molecule has 0 spiro atoms. The van der Waals surface area contributed by atoms with Gasteiger partial charge in [-0.3, -0.25) is 0 Å². The molecule has 244 valence electrons. The first-order valence-corrected chi connectivity index (χ1v) is 15.0. The van der Waals surface area contributed by atoms with Gasteiger partial charge in [0.15, 0.2) is 0 Å². The van der Waals surface area contributed by atoms with E-state index < -0.39 is 23.9 Å². The van der Waals surface area contributed by atoms with E-state index in [1.54, 1.807) is 58.3 Å². The molecule has 0 saturated heterocycles. The van der Waals surface area contributed by atoms with Crippen LogP contribution >= 0.6 is 11.7 Å². The van der Waals surface area contributed by atoms with E-state index in [2.05, 4.69) is 8.75 Å². The number of nitrogen functional groups attached to an aromatic ring is 2. The summed E-state index contributed by atoms with van der Waals surface area (Å²) in [5.74, 6) is -4.51. The Morgan fingerprint density at radius 1 is 0.449 bits per heavy atom. The number of aromatic nitrogens is 2. The molecule has 0 unspecified atom stereocenters. The number of rotatable bonds is 10. The molecule has 15 heteroatoms. The highest BCUT2D eigenvalue weighted by atomic mass is 32.1. The lowest BCUT2D eigenvalue weighted by Crippen LogP contribution is -2.18. The number of hydrogen-bond acceptors (Lipinski definition) is 11. The van der Waals surface area contributed by atoms with Gasteiger partial charge in [-0.2, -0.15) is 8.75 Å². The van der Waals surface area contributed by atoms with Crippen LogP contribution in [0, 0.1) is 0 Å². The minimum atomic E-state index is -1.13. The minimum Gasteiger partial charge on any atom is -0.478 e. The topological polar surface area (TPSA) is 233 Å². The molecule has 6 aromatic rings. The standard InChI is InChI=1S/C34H24N6O8S/c35-25-26(36)30(40(23-13-5-19(6-14-23)33(45)46)24-15-7-20(8-16-24)34(47)48)28-27(37-49-38-28)29(25)39(21-9-1-17(2-10-21)31(41)42)22-11-3-18(4-12-22)32(43)44/h1-16H,35-36H2,(H,41,42)(H,43,44)(H,45,46)(H,47,48). The predicted octanol–water partition coefficient (Wildman–Crippen LogP) is 6.59. The van der Waals surface area contributed by atoms with Gasteiger partial charge in [-0.25, -0.2) is 19.2 Å². The molecule has 5 aromatic carbocycles. The molecule has 14 nitrogen and oxygen atoms in total. The van der Waals surface area contributed by atoms with E-state index in [1.807, 2.05) is 0 Å². The van der Waals surface area contributed by atoms with Crippen LogP contribution < -0.4 is 21.3 Å². The van der Waals surface area contributed by atoms with E-state index in [9.17, 15) is 39.6 Å². The molecule has 0 atom stereocenters. The van der Waals surface area contributed by atoms with Crippen LogP contribution in [0.1, 0.15) is 41.4 Å². The lowest BCUT2D eigenvalue weighted by atomic mass is 10.0. The molecule has 0 aliphatic rings. The fourth-order valence-corrected chi connectivity index (χ4v) is 5.84. The zero-order valence-corrected chi connectivity index (χ0v) is 25.8. The fraction of sp³-hybridized carbons (Fsp3) is 0. The fourth-order valence-electron chi connectivity index (χ4n) is 5.29. The van der Waals surface area contributed by atoms with Crippen molar-refractivity contribution in [3.8, 4) is 0 Å². The smallest absolute Gasteiger partial charge is 0.335 e. The van der Waals surface area contributed by atoms with Crippen LogP contribution in [0.15, 0.2) is 97.1 Å². The van der Waals surface area contributed by atoms with Gasteiger partial charge in [0.25, 0.3) is 0 Å². The SMILES string of the molecule is Nc1c(N)c(N(c2ccc(C(=O)O)cc2)c2ccc(C(=O)O)cc2)c2nsnc2c1N(c1ccc(C(=O)O)cc1)c1ccc(C(=O)O)cc1. The van der Waals surface area contributed by atoms with Gasteiger partial charge in [0.1, 0.15) is 22.4 Å². The third kappa shape index (κ3) is 5.88. The summed E-state index contributed by atoms with van der Waals surface area (Å²) < 4.78 is 9.14. The third-order valence-corrected chi connectivity index (χ3v) is 8.20. The predicted molar refractivity (Wildman–Crippen MR) is 183 cm³/mol. The molecule has 8 N–H and O–H groups in total. The second-order valence-electron chi connectivity index (χ2n) is 10.6. The first-order chi connectivity index (χ1) is 23.5. The monoisotopic (exact) mass is 676 g/mol. The van der Waals surface area contributed by atoms with Gasteiger partial charge in [-0.15, -0.1) is 0 Å². The molecule has 0 radical (unpaired) electrons. The van der Waals surface area contributed by atoms with Gasteiger partial charge < -0.3 is 41.7 Å². The summed E-state index contributed by atoms with van der Waals surface area (Å²) >= 11 is 0.864. The summed E-state index contributed by atoms with van der Waals surface area (Å²) in [6.45, 7) is 0. The Labute approximate surface area is 280 Å². The summed E-state index contributed by atoms with van der Waals surface area (Å²) in [6, 6.07) is 23.7. The summed E-state index contributed by atoms with van der Waals surface area (Å²) in [7, 11) is 0. The number of benzene rings is 5. The molecule has 49 heavy (non-hydrogen) atoms. The summed E-state index contributed by atoms with van der Waals surface area (Å²) in [5, 5.41) is 38.0. The molecule has 0 amide bonds. The number of hydrogen-bond donors (Lipinski definition) is 6. The number of nitrogens with two attached hydrogens (primary N) is 2. The normalized spacial score (nSPS) is 10.9. The molecular weight excluding hydrogens is 652 g/mol. The van der Waals surface area contributed by atoms with Crippen molar-refractivity contribution in [2.24, 2.45) is 0 Å². The first-order valence-electron chi connectivity index (χ1n) is 14.2. The zero-order chi connectivity index (χ0) is 35.0. The second-order valence-corrected chi connectivity index (χ2v) is 11.1. The van der Waals surface area contributed by atoms with Crippen LogP contribution in [-0.4, -0.2) is 53.1 Å². The van der Waals surface area contributed by atoms with Crippen molar-refractivity contribution in [3.05, 3.63) is 119 Å². The Morgan fingerprint density at radius 2 is 0.673 bits per heavy atom. The van der Waals surface area contributed by atoms with Crippen LogP contribution in [-0.2, 0) is 0 Å². The molecule has 1 heterocycles. The number of aromatic carboxylic acids is 4. The first kappa shape index (κ1) is 32.0. The van der Waals surface area contributed by atoms with E-state index in [-0.39, 0.29) is 56.0 Å². The van der Waals surface area contributed by atoms with Crippen molar-refractivity contribution in [1.82, 2.24) is 8.75 Å². The Balaban J connectivity index is 1.62. The lowest BCUT2D eigenvalue weighted by Gasteiger charge is -2.31. The summed E-state index contributed by atoms with van der Waals surface area (Å²) in [4.78, 5) is 49.8. The molecule has 1 aromatic heterocycles. The quantitative estimate of drug-likeness (QED) is 0.0840. The maximum atomic E-state index is 11.6. The average molecular weight is 677 g/mol. The maximum absolute atomic E-state index is 11.6. The molecule has 0 fully saturated rings. The van der Waals surface area contributed by atoms with E-state index in [0.717, 1.165) is 11.7 Å². The van der Waals surface area contributed by atoms with Crippen molar-refractivity contribution in [3.63, 3.8) is 0 Å². The minimum absolute atomic E-state index is 0.0340. The Kier molecular flexibility index (Phi) is 8.25. The number of carbonyl (C=O) groups is 4. The highest BCUT2D eigenvalue weighted by Gasteiger charge is 2.30. The second kappa shape index (κ2) is 12.7. The summed E-state index contributed by atoms with van der Waals surface area (Å²) in [6.07, 6.45) is 0. The van der Waals surface area contributed by atoms with Crippen molar-refractivity contribution in [2.45, 2.75) is 0 Å². The largest absolute Gasteiger partial charge is 0.478 e. The van der Waals surface area contributed by atoms with Crippen LogP contribution in [0.5, 0.6) is 0 Å². The molecular formula is C34H24N6O8S. The Hall–Kier alpha value is -7.00. The van der Waals surface area contributed by atoms with Crippen molar-refractivity contribution < 1.29 is 39.6 Å². The molecule has 0 aliphatic heterocycles. The van der Waals surface area contributed by atoms with E-state index in [1.165, 1.54) is 48.5 Å². The number of carboxylic acids is 4. The van der Waals surface area contributed by atoms with Gasteiger partial charge >= 0.3 is 23.9 Å². The number of fused-ring (bicyclic) bond motifs is 1. The highest BCUT2D eigenvalue weighted by molar-refractivity contribution is 7.00. The zero-order valence-electron chi connectivity index (χ0n) is 25.0. The van der Waals surface area contributed by atoms with E-state index >= 15 is 0 Å². The van der Waals surface area contributed by atoms with Crippen molar-refractivity contribution in [1.29, 1.82) is 0 Å². The van der Waals surface area contributed by atoms with Crippen LogP contribution in [0.25, 0.3) is 11.0 Å². The van der Waals surface area contributed by atoms with E-state index in [0.29, 0.717) is 22.7 Å². The highest BCUT2D eigenvalue weighted by Crippen LogP contribution is 2.51. The van der Waals surface area contributed by atoms with Crippen LogP contribution in [0.3, 0.4) is 0 Å². The number of anilines is 8. The number of nitrogens with zero attached hydrogens (tertiary/aromatic N) is 4. The molecule has 6 rings (SSSR count). The summed E-state index contributed by atoms with van der Waals surface area (Å²) in [5.41, 5.74) is 16.9. The van der Waals surface area contributed by atoms with Gasteiger partial charge in [0, 0.05) is 22.7 Å². The Morgan fingerprint density at radius 3 is 0.878 bits per heavy atom. The van der Waals surface area contributed by atoms with Crippen LogP contribution in [0.4, 0.5) is 45.5 Å². The molecule has 0 saturated carbocycles. The lowest BCUT2D eigenvalue weighted by molar-refractivity contribution is 0.0686. The van der Waals surface area contributed by atoms with Gasteiger partial charge in [0.05, 0.1) is 45.4 Å². The number of carboxylic acid groups (broad SMARTS) is 4. The van der Waals surface area contributed by atoms with Crippen molar-refractivity contribution >= 4 is 92.1 Å². The molecule has 0 aliphatic carbocycles. The van der Waals surface area contributed by atoms with Crippen LogP contribution in [0.2, 0.25) is 0 Å². The average Bonchev–Trinajstić information content (AvgIpc) is 3.58.